The molecule has 0 spiro atoms. The molecular weight excluding hydrogens is 1110 g/mol. The Bertz CT molecular complexity index is 3100. The second-order valence-corrected chi connectivity index (χ2v) is 18.1. The Morgan fingerprint density at radius 3 is 0.825 bits per heavy atom. The van der Waals surface area contributed by atoms with E-state index in [9.17, 15) is 69.2 Å². The molecule has 26 heteroatoms. The molecule has 5 N–H and O–H groups in total. The minimum absolute atomic E-state index is 0.0278. The molecule has 23 nitrogen and oxygen atoms in total. The van der Waals surface area contributed by atoms with Crippen molar-refractivity contribution in [2.75, 3.05) is 41.3 Å². The van der Waals surface area contributed by atoms with Crippen LogP contribution in [0.2, 0.25) is 0 Å². The Morgan fingerprint density at radius 1 is 0.412 bits per heavy atom. The van der Waals surface area contributed by atoms with Gasteiger partial charge in [0.15, 0.2) is 0 Å². The maximum absolute atomic E-state index is 13.7. The van der Waals surface area contributed by atoms with Crippen molar-refractivity contribution in [2.24, 2.45) is 0 Å². The third-order valence-electron chi connectivity index (χ3n) is 12.1. The lowest BCUT2D eigenvalue weighted by atomic mass is 9.86. The highest BCUT2D eigenvalue weighted by molar-refractivity contribution is 6.71. The SMILES string of the molecule is CCN(CC)CC.Cc1c(C(=O)Cl)c(C)c(C(=O)Cl)c(C)c1C(=O)Cl.Cc1c(C(=O)Nc2cccc([N+](=O)[O-])c2)c(C)c(C(=O)Nc2cccc([N+](=O)[O-])c2)c(C)c1C(=O)Nc1cccc([N+](=O)[O-])c1.Nc1cccc([N+](=O)[O-])c1. The first-order valence-electron chi connectivity index (χ1n) is 23.8. The number of rotatable bonds is 16. The van der Waals surface area contributed by atoms with Gasteiger partial charge in [0.05, 0.1) is 19.7 Å². The van der Waals surface area contributed by atoms with E-state index in [0.29, 0.717) is 22.4 Å². The molecule has 0 atom stereocenters. The number of benzene rings is 6. The summed E-state index contributed by atoms with van der Waals surface area (Å²) < 4.78 is 0. The van der Waals surface area contributed by atoms with E-state index >= 15 is 0 Å². The summed E-state index contributed by atoms with van der Waals surface area (Å²) in [5.41, 5.74) is 6.70. The number of halogens is 3. The zero-order chi connectivity index (χ0) is 60.5. The Kier molecular flexibility index (Phi) is 24.2. The van der Waals surface area contributed by atoms with Gasteiger partial charge in [0.25, 0.3) is 56.2 Å². The summed E-state index contributed by atoms with van der Waals surface area (Å²) in [5.74, 6) is -2.34. The monoisotopic (exact) mass is 1160 g/mol. The first kappa shape index (κ1) is 65.3. The number of nitro benzene ring substituents is 4. The van der Waals surface area contributed by atoms with Crippen LogP contribution in [0.3, 0.4) is 0 Å². The highest BCUT2D eigenvalue weighted by atomic mass is 35.5. The van der Waals surface area contributed by atoms with Gasteiger partial charge < -0.3 is 26.6 Å². The van der Waals surface area contributed by atoms with E-state index in [1.807, 2.05) is 0 Å². The van der Waals surface area contributed by atoms with Crippen LogP contribution in [0.5, 0.6) is 0 Å². The number of nitrogens with two attached hydrogens (primary N) is 1. The highest BCUT2D eigenvalue weighted by Crippen LogP contribution is 2.33. The second-order valence-electron chi connectivity index (χ2n) is 17.1. The number of hydrogen-bond acceptors (Lipinski definition) is 16. The van der Waals surface area contributed by atoms with Gasteiger partial charge in [0, 0.05) is 105 Å². The molecule has 0 aliphatic carbocycles. The maximum atomic E-state index is 13.7. The van der Waals surface area contributed by atoms with Crippen molar-refractivity contribution in [3.8, 4) is 0 Å². The summed E-state index contributed by atoms with van der Waals surface area (Å²) >= 11 is 16.4. The van der Waals surface area contributed by atoms with Gasteiger partial charge in [-0.3, -0.25) is 69.2 Å². The van der Waals surface area contributed by atoms with Gasteiger partial charge in [-0.05, 0) is 154 Å². The van der Waals surface area contributed by atoms with Crippen molar-refractivity contribution in [1.29, 1.82) is 0 Å². The normalized spacial score (nSPS) is 10.3. The Hall–Kier alpha value is -9.03. The maximum Gasteiger partial charge on any atom is 0.271 e. The summed E-state index contributed by atoms with van der Waals surface area (Å²) in [5, 5.41) is 49.2. The smallest absolute Gasteiger partial charge is 0.271 e. The number of non-ortho nitro benzene ring substituents is 4. The van der Waals surface area contributed by atoms with E-state index in [1.165, 1.54) is 107 Å². The van der Waals surface area contributed by atoms with Crippen LogP contribution in [0.15, 0.2) is 97.1 Å². The number of carbonyl (C=O) groups excluding carboxylic acids is 6. The molecule has 0 unspecified atom stereocenters. The molecule has 0 saturated carbocycles. The van der Waals surface area contributed by atoms with E-state index < -0.39 is 53.1 Å². The fraction of sp³-hybridized carbons (Fsp3) is 0.222. The number of nitrogens with one attached hydrogen (secondary N) is 3. The van der Waals surface area contributed by atoms with Crippen molar-refractivity contribution in [3.05, 3.63) is 204 Å². The number of anilines is 4. The topological polar surface area (TPSA) is 340 Å². The molecule has 0 heterocycles. The molecule has 0 aliphatic heterocycles. The third kappa shape index (κ3) is 17.0. The van der Waals surface area contributed by atoms with Crippen molar-refractivity contribution >= 4 is 114 Å². The number of nitrogens with zero attached hydrogens (tertiary/aromatic N) is 5. The number of nitrogen functional groups attached to an aromatic ring is 1. The van der Waals surface area contributed by atoms with Crippen molar-refractivity contribution in [3.63, 3.8) is 0 Å². The fourth-order valence-electron chi connectivity index (χ4n) is 8.33. The lowest BCUT2D eigenvalue weighted by molar-refractivity contribution is -0.385. The van der Waals surface area contributed by atoms with Crippen LogP contribution < -0.4 is 21.7 Å². The summed E-state index contributed by atoms with van der Waals surface area (Å²) in [6.07, 6.45) is 0. The Balaban J connectivity index is 0.000000387. The molecule has 0 aromatic heterocycles. The van der Waals surface area contributed by atoms with Crippen molar-refractivity contribution in [2.45, 2.75) is 62.3 Å². The Morgan fingerprint density at radius 2 is 0.637 bits per heavy atom. The highest BCUT2D eigenvalue weighted by Gasteiger charge is 2.30. The molecule has 0 radical (unpaired) electrons. The van der Waals surface area contributed by atoms with Gasteiger partial charge in [0.2, 0.25) is 0 Å². The zero-order valence-electron chi connectivity index (χ0n) is 44.5. The number of nitro groups is 4. The summed E-state index contributed by atoms with van der Waals surface area (Å²) in [6.45, 7) is 19.2. The molecule has 0 bridgehead atoms. The van der Waals surface area contributed by atoms with Gasteiger partial charge >= 0.3 is 0 Å². The molecule has 3 amide bonds. The van der Waals surface area contributed by atoms with E-state index in [2.05, 4.69) is 41.6 Å². The van der Waals surface area contributed by atoms with Gasteiger partial charge in [-0.25, -0.2) is 0 Å². The van der Waals surface area contributed by atoms with Crippen LogP contribution in [-0.2, 0) is 0 Å². The molecule has 0 saturated heterocycles. The van der Waals surface area contributed by atoms with Crippen molar-refractivity contribution < 1.29 is 48.5 Å². The predicted molar refractivity (Wildman–Crippen MR) is 306 cm³/mol. The molecule has 0 fully saturated rings. The van der Waals surface area contributed by atoms with Crippen molar-refractivity contribution in [1.82, 2.24) is 4.90 Å². The molecule has 6 aromatic carbocycles. The molecule has 420 valence electrons. The second kappa shape index (κ2) is 29.6. The quantitative estimate of drug-likeness (QED) is 0.0303. The van der Waals surface area contributed by atoms with Gasteiger partial charge in [-0.2, -0.15) is 0 Å². The first-order valence-corrected chi connectivity index (χ1v) is 24.9. The molecular formula is C54H54Cl3N9O14. The molecule has 0 aliphatic rings. The van der Waals surface area contributed by atoms with Crippen LogP contribution >= 0.6 is 34.8 Å². The lowest BCUT2D eigenvalue weighted by Gasteiger charge is -2.21. The minimum Gasteiger partial charge on any atom is -0.399 e. The number of hydrogen-bond donors (Lipinski definition) is 4. The summed E-state index contributed by atoms with van der Waals surface area (Å²) in [7, 11) is 0. The summed E-state index contributed by atoms with van der Waals surface area (Å²) in [4.78, 5) is 119. The standard InChI is InChI=1S/C30H24N6O9.C12H9Cl3O3.C6H6N2O2.C6H15N/c1-16-25(28(37)31-19-7-4-10-22(13-19)34(40)41)17(2)27(30(39)33-21-9-6-12-24(15-21)36(44)45)18(3)26(16)29(38)32-20-8-5-11-23(14-20)35(42)43;1-4-7(10(13)16)5(2)9(12(15)18)6(3)8(4)11(14)17;7-5-2-1-3-6(4-5)8(9)10;1-4-7(5-2)6-3/h4-15H,1-3H3,(H,31,37)(H,32,38)(H,33,39);1-3H3;1-4H,7H2;4-6H2,1-3H3. The third-order valence-corrected chi connectivity index (χ3v) is 12.7. The number of carbonyl (C=O) groups is 6. The van der Waals surface area contributed by atoms with E-state index in [-0.39, 0.29) is 89.9 Å². The molecule has 80 heavy (non-hydrogen) atoms. The van der Waals surface area contributed by atoms with E-state index in [4.69, 9.17) is 40.5 Å². The van der Waals surface area contributed by atoms with Gasteiger partial charge in [0.1, 0.15) is 0 Å². The van der Waals surface area contributed by atoms with Gasteiger partial charge in [-0.1, -0.05) is 45.0 Å². The van der Waals surface area contributed by atoms with Gasteiger partial charge in [-0.15, -0.1) is 0 Å². The van der Waals surface area contributed by atoms with Crippen LogP contribution in [0.1, 0.15) is 116 Å². The number of amides is 3. The van der Waals surface area contributed by atoms with Crippen LogP contribution in [0.4, 0.5) is 45.5 Å². The van der Waals surface area contributed by atoms with Crippen LogP contribution in [0.25, 0.3) is 0 Å². The fourth-order valence-corrected chi connectivity index (χ4v) is 9.18. The first-order chi connectivity index (χ1) is 37.5. The van der Waals surface area contributed by atoms with Crippen LogP contribution in [0, 0.1) is 82.0 Å². The molecule has 6 aromatic rings. The Labute approximate surface area is 473 Å². The zero-order valence-corrected chi connectivity index (χ0v) is 46.8. The van der Waals surface area contributed by atoms with Crippen LogP contribution in [-0.4, -0.2) is 77.7 Å². The minimum atomic E-state index is -0.778. The largest absolute Gasteiger partial charge is 0.399 e. The molecule has 6 rings (SSSR count). The summed E-state index contributed by atoms with van der Waals surface area (Å²) in [6, 6.07) is 21.4. The van der Waals surface area contributed by atoms with E-state index in [0.717, 1.165) is 18.2 Å². The lowest BCUT2D eigenvalue weighted by Crippen LogP contribution is -2.25. The van der Waals surface area contributed by atoms with E-state index in [1.54, 1.807) is 32.9 Å². The average Bonchev–Trinajstić information content (AvgIpc) is 3.37. The average molecular weight is 1160 g/mol. The predicted octanol–water partition coefficient (Wildman–Crippen LogP) is 12.4.